The lowest BCUT2D eigenvalue weighted by Crippen LogP contribution is -2.02. The Labute approximate surface area is 86.6 Å². The summed E-state index contributed by atoms with van der Waals surface area (Å²) < 4.78 is 1.70. The van der Waals surface area contributed by atoms with Crippen LogP contribution in [-0.2, 0) is 13.5 Å². The third-order valence-electron chi connectivity index (χ3n) is 2.05. The second-order valence-electron chi connectivity index (χ2n) is 3.21. The van der Waals surface area contributed by atoms with Gasteiger partial charge in [-0.1, -0.05) is 6.07 Å². The van der Waals surface area contributed by atoms with E-state index < -0.39 is 6.10 Å². The summed E-state index contributed by atoms with van der Waals surface area (Å²) in [5.41, 5.74) is 0.737. The lowest BCUT2D eigenvalue weighted by atomic mass is 10.2. The minimum atomic E-state index is -0.491. The maximum Gasteiger partial charge on any atom is 0.103 e. The van der Waals surface area contributed by atoms with Gasteiger partial charge in [-0.2, -0.15) is 5.10 Å². The summed E-state index contributed by atoms with van der Waals surface area (Å²) in [6, 6.07) is 5.86. The van der Waals surface area contributed by atoms with Crippen molar-refractivity contribution in [1.82, 2.24) is 9.78 Å². The van der Waals surface area contributed by atoms with Crippen molar-refractivity contribution in [2.75, 3.05) is 0 Å². The van der Waals surface area contributed by atoms with Gasteiger partial charge in [0.25, 0.3) is 0 Å². The van der Waals surface area contributed by atoms with Crippen LogP contribution in [-0.4, -0.2) is 14.9 Å². The van der Waals surface area contributed by atoms with Crippen molar-refractivity contribution in [3.05, 3.63) is 40.3 Å². The fourth-order valence-electron chi connectivity index (χ4n) is 1.33. The predicted octanol–water partition coefficient (Wildman–Crippen LogP) is 1.76. The first-order valence-corrected chi connectivity index (χ1v) is 5.33. The van der Waals surface area contributed by atoms with Gasteiger partial charge >= 0.3 is 0 Å². The predicted molar refractivity (Wildman–Crippen MR) is 56.2 cm³/mol. The van der Waals surface area contributed by atoms with E-state index in [1.54, 1.807) is 16.0 Å². The molecule has 4 heteroatoms. The van der Waals surface area contributed by atoms with Crippen molar-refractivity contribution in [3.8, 4) is 0 Å². The molecule has 0 fully saturated rings. The minimum Gasteiger partial charge on any atom is -0.386 e. The van der Waals surface area contributed by atoms with Crippen LogP contribution in [0, 0.1) is 0 Å². The monoisotopic (exact) mass is 208 g/mol. The number of aliphatic hydroxyl groups excluding tert-OH is 1. The molecule has 0 amide bonds. The second-order valence-corrected chi connectivity index (χ2v) is 4.25. The number of thiophene rings is 1. The Morgan fingerprint density at radius 3 is 3.00 bits per heavy atom. The number of nitrogens with zero attached hydrogens (tertiary/aromatic N) is 2. The van der Waals surface area contributed by atoms with E-state index in [4.69, 9.17) is 0 Å². The zero-order chi connectivity index (χ0) is 9.97. The number of aliphatic hydroxyl groups is 1. The Hall–Kier alpha value is -1.13. The highest BCUT2D eigenvalue weighted by Crippen LogP contribution is 2.19. The molecular weight excluding hydrogens is 196 g/mol. The van der Waals surface area contributed by atoms with Crippen LogP contribution in [0.2, 0.25) is 0 Å². The van der Waals surface area contributed by atoms with Crippen molar-refractivity contribution in [1.29, 1.82) is 0 Å². The molecule has 2 aromatic heterocycles. The summed E-state index contributed by atoms with van der Waals surface area (Å²) in [4.78, 5) is 1.18. The molecule has 14 heavy (non-hydrogen) atoms. The van der Waals surface area contributed by atoms with Gasteiger partial charge in [0.15, 0.2) is 0 Å². The largest absolute Gasteiger partial charge is 0.386 e. The number of hydrogen-bond donors (Lipinski definition) is 1. The lowest BCUT2D eigenvalue weighted by molar-refractivity contribution is 0.173. The van der Waals surface area contributed by atoms with E-state index in [0.29, 0.717) is 6.42 Å². The molecule has 2 rings (SSSR count). The number of rotatable bonds is 3. The fraction of sp³-hybridized carbons (Fsp3) is 0.300. The molecule has 1 atom stereocenters. The third kappa shape index (κ3) is 2.02. The van der Waals surface area contributed by atoms with Crippen LogP contribution in [0.5, 0.6) is 0 Å². The molecule has 1 N–H and O–H groups in total. The van der Waals surface area contributed by atoms with Gasteiger partial charge in [-0.3, -0.25) is 4.68 Å². The van der Waals surface area contributed by atoms with Crippen molar-refractivity contribution in [2.24, 2.45) is 7.05 Å². The Bertz CT molecular complexity index is 394. The molecule has 2 aromatic rings. The van der Waals surface area contributed by atoms with Crippen molar-refractivity contribution in [3.63, 3.8) is 0 Å². The number of hydrogen-bond acceptors (Lipinski definition) is 3. The molecule has 0 aliphatic heterocycles. The van der Waals surface area contributed by atoms with E-state index in [0.717, 1.165) is 5.69 Å². The first-order chi connectivity index (χ1) is 6.75. The average molecular weight is 208 g/mol. The molecule has 74 valence electrons. The van der Waals surface area contributed by atoms with E-state index in [1.807, 2.05) is 36.8 Å². The van der Waals surface area contributed by atoms with E-state index in [9.17, 15) is 5.11 Å². The van der Waals surface area contributed by atoms with Crippen LogP contribution in [0.25, 0.3) is 0 Å². The lowest BCUT2D eigenvalue weighted by Gasteiger charge is -2.04. The molecule has 0 aromatic carbocycles. The SMILES string of the molecule is Cn1ccc(C(O)Cc2cccs2)n1. The van der Waals surface area contributed by atoms with Gasteiger partial charge in [0, 0.05) is 24.5 Å². The van der Waals surface area contributed by atoms with E-state index in [1.165, 1.54) is 4.88 Å². The summed E-state index contributed by atoms with van der Waals surface area (Å²) in [5.74, 6) is 0. The van der Waals surface area contributed by atoms with Crippen LogP contribution in [0.1, 0.15) is 16.7 Å². The molecule has 2 heterocycles. The summed E-state index contributed by atoms with van der Waals surface area (Å²) in [7, 11) is 1.85. The molecule has 0 saturated carbocycles. The smallest absolute Gasteiger partial charge is 0.103 e. The molecule has 3 nitrogen and oxygen atoms in total. The highest BCUT2D eigenvalue weighted by Gasteiger charge is 2.11. The second kappa shape index (κ2) is 3.94. The molecule has 0 radical (unpaired) electrons. The maximum atomic E-state index is 9.84. The fourth-order valence-corrected chi connectivity index (χ4v) is 2.08. The molecular formula is C10H12N2OS. The van der Waals surface area contributed by atoms with Crippen LogP contribution >= 0.6 is 11.3 Å². The van der Waals surface area contributed by atoms with E-state index in [2.05, 4.69) is 5.10 Å². The summed E-state index contributed by atoms with van der Waals surface area (Å²) in [6.07, 6.45) is 2.00. The Balaban J connectivity index is 2.06. The van der Waals surface area contributed by atoms with Gasteiger partial charge < -0.3 is 5.11 Å². The van der Waals surface area contributed by atoms with Crippen LogP contribution < -0.4 is 0 Å². The van der Waals surface area contributed by atoms with Gasteiger partial charge in [0.1, 0.15) is 6.10 Å². The van der Waals surface area contributed by atoms with Crippen LogP contribution in [0.15, 0.2) is 29.8 Å². The summed E-state index contributed by atoms with van der Waals surface area (Å²) in [5, 5.41) is 16.0. The standard InChI is InChI=1S/C10H12N2OS/c1-12-5-4-9(11-12)10(13)7-8-3-2-6-14-8/h2-6,10,13H,7H2,1H3. The molecule has 0 aliphatic carbocycles. The number of aromatic nitrogens is 2. The number of aryl methyl sites for hydroxylation is 1. The normalized spacial score (nSPS) is 13.0. The van der Waals surface area contributed by atoms with Gasteiger partial charge in [-0.05, 0) is 17.5 Å². The van der Waals surface area contributed by atoms with Gasteiger partial charge in [-0.15, -0.1) is 11.3 Å². The quantitative estimate of drug-likeness (QED) is 0.834. The molecule has 0 spiro atoms. The molecule has 0 bridgehead atoms. The highest BCUT2D eigenvalue weighted by molar-refractivity contribution is 7.09. The maximum absolute atomic E-state index is 9.84. The minimum absolute atomic E-state index is 0.491. The van der Waals surface area contributed by atoms with Gasteiger partial charge in [0.2, 0.25) is 0 Å². The Morgan fingerprint density at radius 2 is 2.43 bits per heavy atom. The van der Waals surface area contributed by atoms with Crippen LogP contribution in [0.4, 0.5) is 0 Å². The first kappa shape index (κ1) is 9.43. The van der Waals surface area contributed by atoms with E-state index in [-0.39, 0.29) is 0 Å². The Morgan fingerprint density at radius 1 is 1.57 bits per heavy atom. The third-order valence-corrected chi connectivity index (χ3v) is 2.95. The summed E-state index contributed by atoms with van der Waals surface area (Å²) in [6.45, 7) is 0. The molecule has 0 saturated heterocycles. The van der Waals surface area contributed by atoms with Crippen molar-refractivity contribution < 1.29 is 5.11 Å². The van der Waals surface area contributed by atoms with Gasteiger partial charge in [-0.25, -0.2) is 0 Å². The van der Waals surface area contributed by atoms with Gasteiger partial charge in [0.05, 0.1) is 5.69 Å². The summed E-state index contributed by atoms with van der Waals surface area (Å²) >= 11 is 1.66. The van der Waals surface area contributed by atoms with E-state index >= 15 is 0 Å². The zero-order valence-electron chi connectivity index (χ0n) is 7.92. The average Bonchev–Trinajstić information content (AvgIpc) is 2.75. The first-order valence-electron chi connectivity index (χ1n) is 4.45. The highest BCUT2D eigenvalue weighted by atomic mass is 32.1. The van der Waals surface area contributed by atoms with Crippen LogP contribution in [0.3, 0.4) is 0 Å². The molecule has 0 aliphatic rings. The molecule has 1 unspecified atom stereocenters. The van der Waals surface area contributed by atoms with Crippen molar-refractivity contribution >= 4 is 11.3 Å². The zero-order valence-corrected chi connectivity index (χ0v) is 8.74. The Kier molecular flexibility index (Phi) is 2.65. The topological polar surface area (TPSA) is 38.0 Å². The van der Waals surface area contributed by atoms with Crippen molar-refractivity contribution in [2.45, 2.75) is 12.5 Å².